The summed E-state index contributed by atoms with van der Waals surface area (Å²) in [5.74, 6) is 0.0918. The molecule has 6 heteroatoms. The lowest BCUT2D eigenvalue weighted by atomic mass is 10.0. The number of aliphatic hydroxyl groups is 1. The molecule has 0 spiro atoms. The summed E-state index contributed by atoms with van der Waals surface area (Å²) in [5, 5.41) is 17.2. The first-order valence-electron chi connectivity index (χ1n) is 7.88. The van der Waals surface area contributed by atoms with Crippen LogP contribution in [0.1, 0.15) is 26.7 Å². The molecular formula is C17H23N3O3. The van der Waals surface area contributed by atoms with E-state index in [2.05, 4.69) is 10.4 Å². The monoisotopic (exact) mass is 317 g/mol. The quantitative estimate of drug-likeness (QED) is 0.806. The first kappa shape index (κ1) is 17.1. The Morgan fingerprint density at radius 3 is 2.83 bits per heavy atom. The van der Waals surface area contributed by atoms with Crippen LogP contribution in [0.5, 0.6) is 0 Å². The van der Waals surface area contributed by atoms with Gasteiger partial charge in [0.2, 0.25) is 11.3 Å². The number of amides is 1. The molecule has 0 saturated heterocycles. The van der Waals surface area contributed by atoms with E-state index in [-0.39, 0.29) is 23.7 Å². The molecule has 0 radical (unpaired) electrons. The molecule has 2 aromatic rings. The number of carbonyl (C=O) groups excluding carboxylic acids is 1. The van der Waals surface area contributed by atoms with E-state index in [9.17, 15) is 14.7 Å². The smallest absolute Gasteiger partial charge is 0.221 e. The summed E-state index contributed by atoms with van der Waals surface area (Å²) in [6, 6.07) is 7.22. The average molecular weight is 317 g/mol. The Balaban J connectivity index is 1.90. The van der Waals surface area contributed by atoms with Gasteiger partial charge in [-0.15, -0.1) is 0 Å². The highest BCUT2D eigenvalue weighted by atomic mass is 16.3. The third-order valence-corrected chi connectivity index (χ3v) is 3.84. The molecule has 1 aromatic heterocycles. The number of fused-ring (bicyclic) bond motifs is 1. The van der Waals surface area contributed by atoms with Gasteiger partial charge in [-0.3, -0.25) is 14.3 Å². The Morgan fingerprint density at radius 1 is 1.35 bits per heavy atom. The number of para-hydroxylation sites is 1. The van der Waals surface area contributed by atoms with Crippen LogP contribution in [-0.4, -0.2) is 33.4 Å². The lowest BCUT2D eigenvalue weighted by Gasteiger charge is -2.14. The Bertz CT molecular complexity index is 724. The minimum absolute atomic E-state index is 0.0921. The first-order chi connectivity index (χ1) is 11.0. The van der Waals surface area contributed by atoms with Crippen molar-refractivity contribution >= 4 is 16.8 Å². The summed E-state index contributed by atoms with van der Waals surface area (Å²) in [7, 11) is 0. The summed E-state index contributed by atoms with van der Waals surface area (Å²) in [5.41, 5.74) is 0.604. The van der Waals surface area contributed by atoms with Crippen molar-refractivity contribution in [3.63, 3.8) is 0 Å². The zero-order valence-corrected chi connectivity index (χ0v) is 13.5. The van der Waals surface area contributed by atoms with Crippen LogP contribution in [0.15, 0.2) is 35.3 Å². The van der Waals surface area contributed by atoms with E-state index in [0.29, 0.717) is 24.9 Å². The fourth-order valence-electron chi connectivity index (χ4n) is 2.33. The van der Waals surface area contributed by atoms with E-state index >= 15 is 0 Å². The lowest BCUT2D eigenvalue weighted by molar-refractivity contribution is -0.121. The molecule has 23 heavy (non-hydrogen) atoms. The van der Waals surface area contributed by atoms with Crippen LogP contribution in [-0.2, 0) is 11.3 Å². The number of aryl methyl sites for hydroxylation is 1. The Hall–Kier alpha value is -2.21. The topological polar surface area (TPSA) is 84.2 Å². The summed E-state index contributed by atoms with van der Waals surface area (Å²) in [6.07, 6.45) is 1.69. The van der Waals surface area contributed by atoms with Gasteiger partial charge in [0.05, 0.1) is 24.4 Å². The van der Waals surface area contributed by atoms with E-state index in [4.69, 9.17) is 0 Å². The summed E-state index contributed by atoms with van der Waals surface area (Å²) in [6.45, 7) is 4.75. The van der Waals surface area contributed by atoms with E-state index in [1.807, 2.05) is 26.0 Å². The molecule has 2 rings (SSSR count). The van der Waals surface area contributed by atoms with Gasteiger partial charge in [-0.05, 0) is 24.5 Å². The van der Waals surface area contributed by atoms with Crippen LogP contribution in [0.2, 0.25) is 0 Å². The molecule has 0 aliphatic rings. The molecule has 1 amide bonds. The van der Waals surface area contributed by atoms with Crippen molar-refractivity contribution in [3.8, 4) is 0 Å². The van der Waals surface area contributed by atoms with Crippen molar-refractivity contribution in [2.45, 2.75) is 39.3 Å². The van der Waals surface area contributed by atoms with Crippen molar-refractivity contribution in [3.05, 3.63) is 40.7 Å². The van der Waals surface area contributed by atoms with Gasteiger partial charge < -0.3 is 10.4 Å². The van der Waals surface area contributed by atoms with Gasteiger partial charge in [-0.25, -0.2) is 0 Å². The largest absolute Gasteiger partial charge is 0.393 e. The molecule has 0 aliphatic heterocycles. The maximum atomic E-state index is 11.9. The predicted octanol–water partition coefficient (Wildman–Crippen LogP) is 1.31. The van der Waals surface area contributed by atoms with E-state index in [1.165, 1.54) is 6.20 Å². The van der Waals surface area contributed by atoms with Gasteiger partial charge in [0.1, 0.15) is 0 Å². The van der Waals surface area contributed by atoms with Gasteiger partial charge >= 0.3 is 0 Å². The standard InChI is InChI=1S/C17H23N3O3/c1-12(2)15(21)7-9-18-17(23)8-10-20-14-6-4-3-5-13(14)16(22)11-19-20/h3-6,11-12,15,21H,7-10H2,1-2H3,(H,18,23). The molecular weight excluding hydrogens is 294 g/mol. The van der Waals surface area contributed by atoms with E-state index in [1.54, 1.807) is 16.8 Å². The number of aliphatic hydroxyl groups excluding tert-OH is 1. The second-order valence-corrected chi connectivity index (χ2v) is 5.95. The predicted molar refractivity (Wildman–Crippen MR) is 89.1 cm³/mol. The summed E-state index contributed by atoms with van der Waals surface area (Å²) in [4.78, 5) is 23.6. The fraction of sp³-hybridized carbons (Fsp3) is 0.471. The number of benzene rings is 1. The number of aromatic nitrogens is 2. The van der Waals surface area contributed by atoms with Crippen LogP contribution >= 0.6 is 0 Å². The highest BCUT2D eigenvalue weighted by Gasteiger charge is 2.10. The molecule has 0 aliphatic carbocycles. The van der Waals surface area contributed by atoms with Crippen molar-refractivity contribution < 1.29 is 9.90 Å². The van der Waals surface area contributed by atoms with Crippen LogP contribution in [0.4, 0.5) is 0 Å². The number of hydrogen-bond donors (Lipinski definition) is 2. The van der Waals surface area contributed by atoms with Crippen molar-refractivity contribution in [2.24, 2.45) is 5.92 Å². The summed E-state index contributed by atoms with van der Waals surface area (Å²) < 4.78 is 1.67. The molecule has 1 heterocycles. The van der Waals surface area contributed by atoms with Crippen LogP contribution < -0.4 is 10.7 Å². The second-order valence-electron chi connectivity index (χ2n) is 5.95. The zero-order chi connectivity index (χ0) is 16.8. The minimum atomic E-state index is -0.403. The molecule has 0 fully saturated rings. The minimum Gasteiger partial charge on any atom is -0.393 e. The van der Waals surface area contributed by atoms with E-state index in [0.717, 1.165) is 5.52 Å². The van der Waals surface area contributed by atoms with Crippen LogP contribution in [0.25, 0.3) is 10.9 Å². The number of nitrogens with zero attached hydrogens (tertiary/aromatic N) is 2. The third kappa shape index (κ3) is 4.63. The SMILES string of the molecule is CC(C)C(O)CCNC(=O)CCn1ncc(=O)c2ccccc21. The second kappa shape index (κ2) is 7.87. The fourth-order valence-corrected chi connectivity index (χ4v) is 2.33. The Morgan fingerprint density at radius 2 is 2.09 bits per heavy atom. The lowest BCUT2D eigenvalue weighted by Crippen LogP contribution is -2.29. The Labute approximate surface area is 135 Å². The van der Waals surface area contributed by atoms with E-state index < -0.39 is 6.10 Å². The third-order valence-electron chi connectivity index (χ3n) is 3.84. The Kier molecular flexibility index (Phi) is 5.87. The molecule has 124 valence electrons. The van der Waals surface area contributed by atoms with Crippen molar-refractivity contribution in [1.29, 1.82) is 0 Å². The van der Waals surface area contributed by atoms with Gasteiger partial charge in [-0.1, -0.05) is 26.0 Å². The molecule has 0 bridgehead atoms. The number of rotatable bonds is 7. The molecule has 0 saturated carbocycles. The van der Waals surface area contributed by atoms with Crippen molar-refractivity contribution in [2.75, 3.05) is 6.54 Å². The number of nitrogens with one attached hydrogen (secondary N) is 1. The normalized spacial score (nSPS) is 12.5. The first-order valence-corrected chi connectivity index (χ1v) is 7.88. The van der Waals surface area contributed by atoms with Gasteiger partial charge in [0, 0.05) is 18.4 Å². The van der Waals surface area contributed by atoms with Crippen molar-refractivity contribution in [1.82, 2.24) is 15.1 Å². The zero-order valence-electron chi connectivity index (χ0n) is 13.5. The van der Waals surface area contributed by atoms with Crippen LogP contribution in [0, 0.1) is 5.92 Å². The highest BCUT2D eigenvalue weighted by molar-refractivity contribution is 5.78. The van der Waals surface area contributed by atoms with Gasteiger partial charge in [0.25, 0.3) is 0 Å². The maximum Gasteiger partial charge on any atom is 0.221 e. The van der Waals surface area contributed by atoms with Crippen LogP contribution in [0.3, 0.4) is 0 Å². The molecule has 1 aromatic carbocycles. The number of carbonyl (C=O) groups is 1. The summed E-state index contributed by atoms with van der Waals surface area (Å²) >= 11 is 0. The molecule has 1 atom stereocenters. The highest BCUT2D eigenvalue weighted by Crippen LogP contribution is 2.08. The molecule has 1 unspecified atom stereocenters. The number of hydrogen-bond acceptors (Lipinski definition) is 4. The average Bonchev–Trinajstić information content (AvgIpc) is 2.54. The van der Waals surface area contributed by atoms with Gasteiger partial charge in [0.15, 0.2) is 0 Å². The molecule has 6 nitrogen and oxygen atoms in total. The van der Waals surface area contributed by atoms with Gasteiger partial charge in [-0.2, -0.15) is 5.10 Å². The maximum absolute atomic E-state index is 11.9. The molecule has 2 N–H and O–H groups in total.